The van der Waals surface area contributed by atoms with Crippen molar-refractivity contribution in [2.75, 3.05) is 13.1 Å². The van der Waals surface area contributed by atoms with E-state index in [1.54, 1.807) is 12.4 Å². The van der Waals surface area contributed by atoms with Gasteiger partial charge in [-0.05, 0) is 35.9 Å². The number of thiophene rings is 1. The summed E-state index contributed by atoms with van der Waals surface area (Å²) in [6.07, 6.45) is 6.10. The lowest BCUT2D eigenvalue weighted by Crippen LogP contribution is -2.46. The van der Waals surface area contributed by atoms with Gasteiger partial charge in [0.1, 0.15) is 6.33 Å². The Kier molecular flexibility index (Phi) is 3.94. The molecule has 5 heterocycles. The first-order chi connectivity index (χ1) is 12.8. The normalized spacial score (nSPS) is 22.2. The maximum absolute atomic E-state index is 13.1. The Labute approximate surface area is 156 Å². The summed E-state index contributed by atoms with van der Waals surface area (Å²) >= 11 is 1.82. The highest BCUT2D eigenvalue weighted by Crippen LogP contribution is 2.36. The van der Waals surface area contributed by atoms with Gasteiger partial charge in [0.25, 0.3) is 5.56 Å². The fourth-order valence-electron chi connectivity index (χ4n) is 4.45. The summed E-state index contributed by atoms with van der Waals surface area (Å²) in [5.41, 5.74) is 2.77. The number of piperidine rings is 1. The molecular formula is C20H20N4OS. The van der Waals surface area contributed by atoms with Gasteiger partial charge in [-0.25, -0.2) is 9.97 Å². The molecule has 0 saturated carbocycles. The van der Waals surface area contributed by atoms with E-state index in [2.05, 4.69) is 38.4 Å². The number of hydrogen-bond acceptors (Lipinski definition) is 5. The molecule has 3 aromatic rings. The lowest BCUT2D eigenvalue weighted by Gasteiger charge is -2.42. The van der Waals surface area contributed by atoms with Gasteiger partial charge in [-0.3, -0.25) is 9.69 Å². The second-order valence-corrected chi connectivity index (χ2v) is 8.32. The van der Waals surface area contributed by atoms with Gasteiger partial charge >= 0.3 is 0 Å². The van der Waals surface area contributed by atoms with Gasteiger partial charge in [0.2, 0.25) is 0 Å². The van der Waals surface area contributed by atoms with Gasteiger partial charge in [0.15, 0.2) is 0 Å². The van der Waals surface area contributed by atoms with Crippen LogP contribution in [0.3, 0.4) is 0 Å². The van der Waals surface area contributed by atoms with Gasteiger partial charge in [-0.15, -0.1) is 11.3 Å². The van der Waals surface area contributed by atoms with Gasteiger partial charge in [0.05, 0.1) is 5.56 Å². The minimum atomic E-state index is 0.0960. The van der Waals surface area contributed by atoms with Crippen molar-refractivity contribution < 1.29 is 0 Å². The number of hydrogen-bond donors (Lipinski definition) is 0. The molecule has 26 heavy (non-hydrogen) atoms. The molecule has 5 nitrogen and oxygen atoms in total. The van der Waals surface area contributed by atoms with Crippen LogP contribution in [-0.2, 0) is 13.1 Å². The van der Waals surface area contributed by atoms with E-state index < -0.39 is 0 Å². The van der Waals surface area contributed by atoms with Crippen LogP contribution in [0.5, 0.6) is 0 Å². The lowest BCUT2D eigenvalue weighted by molar-refractivity contribution is 0.115. The Hall–Kier alpha value is -2.31. The maximum Gasteiger partial charge on any atom is 0.258 e. The summed E-state index contributed by atoms with van der Waals surface area (Å²) in [5.74, 6) is 0.984. The van der Waals surface area contributed by atoms with E-state index in [1.807, 2.05) is 22.0 Å². The predicted molar refractivity (Wildman–Crippen MR) is 102 cm³/mol. The summed E-state index contributed by atoms with van der Waals surface area (Å²) in [4.78, 5) is 25.2. The van der Waals surface area contributed by atoms with Crippen molar-refractivity contribution in [3.63, 3.8) is 0 Å². The third-order valence-corrected chi connectivity index (χ3v) is 6.37. The zero-order valence-electron chi connectivity index (χ0n) is 14.4. The first-order valence-electron chi connectivity index (χ1n) is 9.02. The SMILES string of the molecule is O=c1c(-c2cncnc2)ccc2n1C[C@H]1C[C@@H]2CN(Cc2cccs2)C1. The van der Waals surface area contributed by atoms with Crippen LogP contribution in [0.1, 0.15) is 22.9 Å². The number of aromatic nitrogens is 3. The van der Waals surface area contributed by atoms with Crippen molar-refractivity contribution in [1.29, 1.82) is 0 Å². The summed E-state index contributed by atoms with van der Waals surface area (Å²) < 4.78 is 2.00. The molecule has 6 heteroatoms. The number of likely N-dealkylation sites (tertiary alicyclic amines) is 1. The molecule has 0 spiro atoms. The molecule has 132 valence electrons. The lowest BCUT2D eigenvalue weighted by atomic mass is 9.83. The number of nitrogens with zero attached hydrogens (tertiary/aromatic N) is 4. The van der Waals surface area contributed by atoms with E-state index in [-0.39, 0.29) is 5.56 Å². The van der Waals surface area contributed by atoms with Crippen molar-refractivity contribution in [2.24, 2.45) is 5.92 Å². The van der Waals surface area contributed by atoms with Crippen LogP contribution in [-0.4, -0.2) is 32.5 Å². The fourth-order valence-corrected chi connectivity index (χ4v) is 5.20. The van der Waals surface area contributed by atoms with Gasteiger partial charge < -0.3 is 4.57 Å². The van der Waals surface area contributed by atoms with Crippen molar-refractivity contribution in [3.05, 3.63) is 69.3 Å². The quantitative estimate of drug-likeness (QED) is 0.717. The molecule has 2 aliphatic heterocycles. The molecule has 0 N–H and O–H groups in total. The Morgan fingerprint density at radius 2 is 2.00 bits per heavy atom. The molecule has 2 bridgehead atoms. The molecule has 0 radical (unpaired) electrons. The topological polar surface area (TPSA) is 51.0 Å². The average Bonchev–Trinajstić information content (AvgIpc) is 3.16. The van der Waals surface area contributed by atoms with Crippen LogP contribution in [0, 0.1) is 5.92 Å². The molecular weight excluding hydrogens is 344 g/mol. The summed E-state index contributed by atoms with van der Waals surface area (Å²) in [5, 5.41) is 2.14. The Balaban J connectivity index is 1.46. The first kappa shape index (κ1) is 15.9. The third-order valence-electron chi connectivity index (χ3n) is 5.51. The molecule has 0 amide bonds. The molecule has 1 fully saturated rings. The predicted octanol–water partition coefficient (Wildman–Crippen LogP) is 2.99. The van der Waals surface area contributed by atoms with E-state index in [1.165, 1.54) is 23.3 Å². The number of rotatable bonds is 3. The number of pyridine rings is 1. The molecule has 2 atom stereocenters. The van der Waals surface area contributed by atoms with E-state index in [4.69, 9.17) is 0 Å². The van der Waals surface area contributed by atoms with Gasteiger partial charge in [-0.2, -0.15) is 0 Å². The molecule has 3 aromatic heterocycles. The Morgan fingerprint density at radius 3 is 2.81 bits per heavy atom. The monoisotopic (exact) mass is 364 g/mol. The summed E-state index contributed by atoms with van der Waals surface area (Å²) in [7, 11) is 0. The molecule has 0 aromatic carbocycles. The standard InChI is InChI=1S/C20H20N4OS/c25-20-18(16-7-21-13-22-8-16)3-4-19-15-6-14(10-24(19)20)9-23(11-15)12-17-2-1-5-26-17/h1-5,7-8,13-15H,6,9-12H2/t14-,15+/m0/s1. The highest BCUT2D eigenvalue weighted by Gasteiger charge is 2.35. The molecule has 2 aliphatic rings. The zero-order valence-corrected chi connectivity index (χ0v) is 15.2. The van der Waals surface area contributed by atoms with Crippen LogP contribution < -0.4 is 5.56 Å². The van der Waals surface area contributed by atoms with Crippen LogP contribution in [0.2, 0.25) is 0 Å². The van der Waals surface area contributed by atoms with E-state index >= 15 is 0 Å². The maximum atomic E-state index is 13.1. The van der Waals surface area contributed by atoms with E-state index in [0.717, 1.165) is 31.7 Å². The Morgan fingerprint density at radius 1 is 1.12 bits per heavy atom. The Bertz CT molecular complexity index is 967. The first-order valence-corrected chi connectivity index (χ1v) is 9.90. The van der Waals surface area contributed by atoms with Crippen LogP contribution in [0.25, 0.3) is 11.1 Å². The van der Waals surface area contributed by atoms with Crippen LogP contribution >= 0.6 is 11.3 Å². The van der Waals surface area contributed by atoms with Gasteiger partial charge in [0, 0.05) is 60.6 Å². The largest absolute Gasteiger partial charge is 0.311 e. The smallest absolute Gasteiger partial charge is 0.258 e. The minimum absolute atomic E-state index is 0.0960. The van der Waals surface area contributed by atoms with Crippen molar-refractivity contribution in [3.8, 4) is 11.1 Å². The number of fused-ring (bicyclic) bond motifs is 4. The van der Waals surface area contributed by atoms with Gasteiger partial charge in [-0.1, -0.05) is 6.07 Å². The highest BCUT2D eigenvalue weighted by atomic mass is 32.1. The molecule has 0 aliphatic carbocycles. The summed E-state index contributed by atoms with van der Waals surface area (Å²) in [6.45, 7) is 3.93. The third kappa shape index (κ3) is 2.79. The molecule has 0 unspecified atom stereocenters. The second kappa shape index (κ2) is 6.45. The highest BCUT2D eigenvalue weighted by molar-refractivity contribution is 7.09. The fraction of sp³-hybridized carbons (Fsp3) is 0.350. The second-order valence-electron chi connectivity index (χ2n) is 7.29. The summed E-state index contributed by atoms with van der Waals surface area (Å²) in [6, 6.07) is 8.42. The van der Waals surface area contributed by atoms with Crippen LogP contribution in [0.4, 0.5) is 0 Å². The van der Waals surface area contributed by atoms with Crippen molar-refractivity contribution in [2.45, 2.75) is 25.4 Å². The molecule has 1 saturated heterocycles. The van der Waals surface area contributed by atoms with Crippen molar-refractivity contribution in [1.82, 2.24) is 19.4 Å². The minimum Gasteiger partial charge on any atom is -0.311 e. The zero-order chi connectivity index (χ0) is 17.5. The van der Waals surface area contributed by atoms with Crippen molar-refractivity contribution >= 4 is 11.3 Å². The van der Waals surface area contributed by atoms with Crippen LogP contribution in [0.15, 0.2) is 53.2 Å². The van der Waals surface area contributed by atoms with E-state index in [0.29, 0.717) is 17.4 Å². The molecule has 5 rings (SSSR count). The van der Waals surface area contributed by atoms with E-state index in [9.17, 15) is 4.79 Å². The average molecular weight is 364 g/mol.